The predicted octanol–water partition coefficient (Wildman–Crippen LogP) is 5.11. The lowest BCUT2D eigenvalue weighted by Gasteiger charge is -2.12. The first-order valence-corrected chi connectivity index (χ1v) is 8.07. The fourth-order valence-electron chi connectivity index (χ4n) is 2.35. The molecule has 0 spiro atoms. The summed E-state index contributed by atoms with van der Waals surface area (Å²) in [6, 6.07) is 16.8. The highest BCUT2D eigenvalue weighted by atomic mass is 35.5. The Morgan fingerprint density at radius 1 is 1.00 bits per heavy atom. The molecule has 6 heteroatoms. The molecule has 0 saturated heterocycles. The number of benzene rings is 2. The second kappa shape index (κ2) is 7.20. The molecule has 0 radical (unpaired) electrons. The summed E-state index contributed by atoms with van der Waals surface area (Å²) in [5.41, 5.74) is 4.11. The van der Waals surface area contributed by atoms with E-state index in [1.165, 1.54) is 0 Å². The van der Waals surface area contributed by atoms with E-state index in [-0.39, 0.29) is 0 Å². The fourth-order valence-corrected chi connectivity index (χ4v) is 2.52. The molecule has 0 atom stereocenters. The molecule has 3 aromatic rings. The van der Waals surface area contributed by atoms with Crippen LogP contribution in [0.3, 0.4) is 0 Å². The molecular formula is C19H16ClN5. The van der Waals surface area contributed by atoms with Crippen LogP contribution in [-0.2, 0) is 0 Å². The van der Waals surface area contributed by atoms with Gasteiger partial charge in [-0.15, -0.1) is 0 Å². The van der Waals surface area contributed by atoms with Crippen LogP contribution in [0.4, 0.5) is 23.1 Å². The third-order valence-electron chi connectivity index (χ3n) is 3.56. The number of aromatic nitrogens is 2. The Morgan fingerprint density at radius 2 is 1.84 bits per heavy atom. The minimum absolute atomic E-state index is 0.456. The van der Waals surface area contributed by atoms with Gasteiger partial charge < -0.3 is 10.6 Å². The Morgan fingerprint density at radius 3 is 2.64 bits per heavy atom. The van der Waals surface area contributed by atoms with Crippen LogP contribution in [-0.4, -0.2) is 9.97 Å². The van der Waals surface area contributed by atoms with E-state index >= 15 is 0 Å². The number of anilines is 4. The van der Waals surface area contributed by atoms with Crippen molar-refractivity contribution in [2.45, 2.75) is 13.8 Å². The van der Waals surface area contributed by atoms with Gasteiger partial charge in [0.1, 0.15) is 5.82 Å². The van der Waals surface area contributed by atoms with E-state index in [0.717, 1.165) is 22.6 Å². The van der Waals surface area contributed by atoms with Crippen molar-refractivity contribution >= 4 is 34.7 Å². The van der Waals surface area contributed by atoms with E-state index < -0.39 is 0 Å². The van der Waals surface area contributed by atoms with Crippen LogP contribution in [0.2, 0.25) is 5.02 Å². The van der Waals surface area contributed by atoms with Crippen LogP contribution in [0.1, 0.15) is 16.8 Å². The predicted molar refractivity (Wildman–Crippen MR) is 101 cm³/mol. The lowest BCUT2D eigenvalue weighted by molar-refractivity contribution is 1.11. The monoisotopic (exact) mass is 349 g/mol. The Hall–Kier alpha value is -3.10. The van der Waals surface area contributed by atoms with Gasteiger partial charge in [-0.05, 0) is 49.7 Å². The van der Waals surface area contributed by atoms with Gasteiger partial charge >= 0.3 is 0 Å². The molecule has 0 aliphatic heterocycles. The third kappa shape index (κ3) is 4.25. The quantitative estimate of drug-likeness (QED) is 0.685. The van der Waals surface area contributed by atoms with Crippen molar-refractivity contribution in [2.75, 3.05) is 10.6 Å². The SMILES string of the molecule is Cc1cc(Nc2cc(Cl)ccc2C)nc(Nc2cccc(C#N)c2)n1. The highest BCUT2D eigenvalue weighted by molar-refractivity contribution is 6.30. The second-order valence-corrected chi connectivity index (χ2v) is 6.06. The lowest BCUT2D eigenvalue weighted by Crippen LogP contribution is -2.03. The van der Waals surface area contributed by atoms with Gasteiger partial charge in [-0.3, -0.25) is 0 Å². The minimum atomic E-state index is 0.456. The molecule has 2 aromatic carbocycles. The van der Waals surface area contributed by atoms with Crippen molar-refractivity contribution in [1.29, 1.82) is 5.26 Å². The molecule has 1 heterocycles. The summed E-state index contributed by atoms with van der Waals surface area (Å²) >= 11 is 6.07. The summed E-state index contributed by atoms with van der Waals surface area (Å²) in [6.07, 6.45) is 0. The summed E-state index contributed by atoms with van der Waals surface area (Å²) in [5.74, 6) is 1.12. The zero-order valence-corrected chi connectivity index (χ0v) is 14.6. The molecule has 25 heavy (non-hydrogen) atoms. The topological polar surface area (TPSA) is 73.6 Å². The second-order valence-electron chi connectivity index (χ2n) is 5.62. The van der Waals surface area contributed by atoms with E-state index in [1.807, 2.05) is 50.2 Å². The van der Waals surface area contributed by atoms with E-state index in [2.05, 4.69) is 26.7 Å². The van der Waals surface area contributed by atoms with Gasteiger partial charge in [-0.25, -0.2) is 4.98 Å². The summed E-state index contributed by atoms with van der Waals surface area (Å²) in [4.78, 5) is 8.89. The van der Waals surface area contributed by atoms with Gasteiger partial charge in [-0.1, -0.05) is 23.7 Å². The lowest BCUT2D eigenvalue weighted by atomic mass is 10.2. The Bertz CT molecular complexity index is 962. The highest BCUT2D eigenvalue weighted by Crippen LogP contribution is 2.24. The number of aryl methyl sites for hydroxylation is 2. The van der Waals surface area contributed by atoms with E-state index in [9.17, 15) is 0 Å². The Labute approximate surface area is 151 Å². The molecule has 0 saturated carbocycles. The Balaban J connectivity index is 1.87. The van der Waals surface area contributed by atoms with Crippen molar-refractivity contribution in [1.82, 2.24) is 9.97 Å². The first-order valence-electron chi connectivity index (χ1n) is 7.69. The highest BCUT2D eigenvalue weighted by Gasteiger charge is 2.06. The number of rotatable bonds is 4. The first kappa shape index (κ1) is 16.7. The average Bonchev–Trinajstić information content (AvgIpc) is 2.58. The number of hydrogen-bond acceptors (Lipinski definition) is 5. The Kier molecular flexibility index (Phi) is 4.82. The minimum Gasteiger partial charge on any atom is -0.340 e. The van der Waals surface area contributed by atoms with Crippen molar-refractivity contribution in [3.05, 3.63) is 70.4 Å². The zero-order chi connectivity index (χ0) is 17.8. The van der Waals surface area contributed by atoms with E-state index in [0.29, 0.717) is 22.4 Å². The molecule has 2 N–H and O–H groups in total. The van der Waals surface area contributed by atoms with Crippen molar-refractivity contribution < 1.29 is 0 Å². The van der Waals surface area contributed by atoms with Crippen LogP contribution in [0, 0.1) is 25.2 Å². The van der Waals surface area contributed by atoms with Crippen molar-refractivity contribution in [3.63, 3.8) is 0 Å². The van der Waals surface area contributed by atoms with Crippen LogP contribution in [0.25, 0.3) is 0 Å². The maximum Gasteiger partial charge on any atom is 0.229 e. The first-order chi connectivity index (χ1) is 12.0. The fraction of sp³-hybridized carbons (Fsp3) is 0.105. The van der Waals surface area contributed by atoms with E-state index in [4.69, 9.17) is 16.9 Å². The summed E-state index contributed by atoms with van der Waals surface area (Å²) in [5, 5.41) is 16.1. The van der Waals surface area contributed by atoms with Gasteiger partial charge in [0, 0.05) is 28.2 Å². The smallest absolute Gasteiger partial charge is 0.229 e. The average molecular weight is 350 g/mol. The molecule has 5 nitrogen and oxygen atoms in total. The van der Waals surface area contributed by atoms with E-state index in [1.54, 1.807) is 12.1 Å². The van der Waals surface area contributed by atoms with Crippen LogP contribution < -0.4 is 10.6 Å². The summed E-state index contributed by atoms with van der Waals surface area (Å²) in [7, 11) is 0. The summed E-state index contributed by atoms with van der Waals surface area (Å²) in [6.45, 7) is 3.90. The van der Waals surface area contributed by atoms with Gasteiger partial charge in [-0.2, -0.15) is 10.2 Å². The number of nitrogens with one attached hydrogen (secondary N) is 2. The molecule has 0 aliphatic carbocycles. The molecule has 0 fully saturated rings. The number of nitriles is 1. The number of hydrogen-bond donors (Lipinski definition) is 2. The van der Waals surface area contributed by atoms with Crippen LogP contribution >= 0.6 is 11.6 Å². The molecule has 0 bridgehead atoms. The van der Waals surface area contributed by atoms with Crippen molar-refractivity contribution in [3.8, 4) is 6.07 Å². The maximum absolute atomic E-state index is 9.00. The summed E-state index contributed by atoms with van der Waals surface area (Å²) < 4.78 is 0. The molecule has 3 rings (SSSR count). The molecule has 1 aromatic heterocycles. The standard InChI is InChI=1S/C19H16ClN5/c1-12-6-7-15(20)10-17(12)24-18-8-13(2)22-19(25-18)23-16-5-3-4-14(9-16)11-21/h3-10H,1-2H3,(H2,22,23,24,25). The van der Waals surface area contributed by atoms with Gasteiger partial charge in [0.2, 0.25) is 5.95 Å². The van der Waals surface area contributed by atoms with Gasteiger partial charge in [0.05, 0.1) is 11.6 Å². The third-order valence-corrected chi connectivity index (χ3v) is 3.80. The maximum atomic E-state index is 9.00. The molecule has 0 aliphatic rings. The van der Waals surface area contributed by atoms with Crippen molar-refractivity contribution in [2.24, 2.45) is 0 Å². The van der Waals surface area contributed by atoms with Crippen LogP contribution in [0.5, 0.6) is 0 Å². The molecule has 124 valence electrons. The molecule has 0 unspecified atom stereocenters. The molecular weight excluding hydrogens is 334 g/mol. The number of nitrogens with zero attached hydrogens (tertiary/aromatic N) is 3. The normalized spacial score (nSPS) is 10.2. The van der Waals surface area contributed by atoms with Gasteiger partial charge in [0.15, 0.2) is 0 Å². The zero-order valence-electron chi connectivity index (χ0n) is 13.8. The largest absolute Gasteiger partial charge is 0.340 e. The number of halogens is 1. The van der Waals surface area contributed by atoms with Crippen LogP contribution in [0.15, 0.2) is 48.5 Å². The molecule has 0 amide bonds. The van der Waals surface area contributed by atoms with Gasteiger partial charge in [0.25, 0.3) is 0 Å².